The number of methoxy groups -OCH3 is 2. The summed E-state index contributed by atoms with van der Waals surface area (Å²) >= 11 is 0. The van der Waals surface area contributed by atoms with Crippen molar-refractivity contribution in [2.45, 2.75) is 19.4 Å². The van der Waals surface area contributed by atoms with Crippen molar-refractivity contribution in [2.24, 2.45) is 0 Å². The van der Waals surface area contributed by atoms with Crippen molar-refractivity contribution in [2.75, 3.05) is 14.2 Å². The van der Waals surface area contributed by atoms with Crippen molar-refractivity contribution >= 4 is 5.97 Å². The quantitative estimate of drug-likeness (QED) is 0.850. The monoisotopic (exact) mass is 316 g/mol. The highest BCUT2D eigenvalue weighted by atomic mass is 16.5. The number of hydrogen-bond donors (Lipinski definition) is 1. The first-order valence-electron chi connectivity index (χ1n) is 7.20. The van der Waals surface area contributed by atoms with Crippen LogP contribution in [0, 0.1) is 6.92 Å². The zero-order valence-electron chi connectivity index (χ0n) is 13.4. The van der Waals surface area contributed by atoms with Crippen LogP contribution in [0.25, 0.3) is 0 Å². The molecule has 122 valence electrons. The Morgan fingerprint density at radius 2 is 1.87 bits per heavy atom. The SMILES string of the molecule is COc1ccc(OC)c(C[C@@H](Oc2cccc(C)c2)C(=O)O)c1. The summed E-state index contributed by atoms with van der Waals surface area (Å²) in [7, 11) is 3.10. The van der Waals surface area contributed by atoms with Gasteiger partial charge in [-0.15, -0.1) is 0 Å². The van der Waals surface area contributed by atoms with E-state index in [0.717, 1.165) is 5.56 Å². The molecule has 2 aromatic carbocycles. The van der Waals surface area contributed by atoms with E-state index in [0.29, 0.717) is 22.8 Å². The summed E-state index contributed by atoms with van der Waals surface area (Å²) in [6.07, 6.45) is -0.846. The molecule has 5 nitrogen and oxygen atoms in total. The molecule has 0 spiro atoms. The van der Waals surface area contributed by atoms with Gasteiger partial charge in [0.2, 0.25) is 0 Å². The summed E-state index contributed by atoms with van der Waals surface area (Å²) in [4.78, 5) is 11.6. The van der Waals surface area contributed by atoms with Gasteiger partial charge >= 0.3 is 5.97 Å². The molecule has 1 N–H and O–H groups in total. The maximum absolute atomic E-state index is 11.6. The third-order valence-corrected chi connectivity index (χ3v) is 3.44. The van der Waals surface area contributed by atoms with E-state index in [1.807, 2.05) is 19.1 Å². The molecule has 0 unspecified atom stereocenters. The molecular formula is C18H20O5. The van der Waals surface area contributed by atoms with Crippen molar-refractivity contribution < 1.29 is 24.1 Å². The fraction of sp³-hybridized carbons (Fsp3) is 0.278. The van der Waals surface area contributed by atoms with Crippen LogP contribution in [0.1, 0.15) is 11.1 Å². The fourth-order valence-electron chi connectivity index (χ4n) is 2.27. The number of carbonyl (C=O) groups is 1. The molecule has 0 aliphatic heterocycles. The number of aliphatic carboxylic acids is 1. The highest BCUT2D eigenvalue weighted by Gasteiger charge is 2.22. The first-order chi connectivity index (χ1) is 11.0. The Bertz CT molecular complexity index is 681. The van der Waals surface area contributed by atoms with Crippen LogP contribution in [-0.4, -0.2) is 31.4 Å². The van der Waals surface area contributed by atoms with Gasteiger partial charge in [0.15, 0.2) is 6.10 Å². The van der Waals surface area contributed by atoms with Gasteiger partial charge in [-0.3, -0.25) is 0 Å². The van der Waals surface area contributed by atoms with E-state index >= 15 is 0 Å². The second-order valence-corrected chi connectivity index (χ2v) is 5.14. The summed E-state index contributed by atoms with van der Waals surface area (Å²) in [6.45, 7) is 1.92. The van der Waals surface area contributed by atoms with Crippen molar-refractivity contribution in [3.63, 3.8) is 0 Å². The first kappa shape index (κ1) is 16.7. The molecule has 0 saturated heterocycles. The van der Waals surface area contributed by atoms with Crippen LogP contribution < -0.4 is 14.2 Å². The Kier molecular flexibility index (Phi) is 5.46. The van der Waals surface area contributed by atoms with Crippen molar-refractivity contribution in [3.8, 4) is 17.2 Å². The summed E-state index contributed by atoms with van der Waals surface area (Å²) in [6, 6.07) is 12.6. The van der Waals surface area contributed by atoms with E-state index in [2.05, 4.69) is 0 Å². The lowest BCUT2D eigenvalue weighted by Gasteiger charge is -2.17. The molecule has 2 aromatic rings. The predicted molar refractivity (Wildman–Crippen MR) is 86.5 cm³/mol. The average molecular weight is 316 g/mol. The number of benzene rings is 2. The maximum Gasteiger partial charge on any atom is 0.345 e. The van der Waals surface area contributed by atoms with Crippen LogP contribution in [0.3, 0.4) is 0 Å². The second kappa shape index (κ2) is 7.54. The maximum atomic E-state index is 11.6. The van der Waals surface area contributed by atoms with Crippen molar-refractivity contribution in [1.29, 1.82) is 0 Å². The highest BCUT2D eigenvalue weighted by Crippen LogP contribution is 2.26. The molecule has 0 aromatic heterocycles. The lowest BCUT2D eigenvalue weighted by atomic mass is 10.1. The van der Waals surface area contributed by atoms with Gasteiger partial charge in [0.1, 0.15) is 17.2 Å². The van der Waals surface area contributed by atoms with Crippen LogP contribution >= 0.6 is 0 Å². The third-order valence-electron chi connectivity index (χ3n) is 3.44. The summed E-state index contributed by atoms with van der Waals surface area (Å²) < 4.78 is 16.1. The normalized spacial score (nSPS) is 11.6. The third kappa shape index (κ3) is 4.39. The minimum Gasteiger partial charge on any atom is -0.497 e. The minimum absolute atomic E-state index is 0.170. The van der Waals surface area contributed by atoms with Crippen molar-refractivity contribution in [1.82, 2.24) is 0 Å². The molecule has 0 radical (unpaired) electrons. The summed E-state index contributed by atoms with van der Waals surface area (Å²) in [5.41, 5.74) is 1.72. The standard InChI is InChI=1S/C18H20O5/c1-12-5-4-6-15(9-12)23-17(18(19)20)11-13-10-14(21-2)7-8-16(13)22-3/h4-10,17H,11H2,1-3H3,(H,19,20)/t17-/m1/s1. The zero-order chi connectivity index (χ0) is 16.8. The molecule has 0 amide bonds. The van der Waals surface area contributed by atoms with Crippen LogP contribution in [0.15, 0.2) is 42.5 Å². The average Bonchev–Trinajstić information content (AvgIpc) is 2.54. The molecule has 5 heteroatoms. The lowest BCUT2D eigenvalue weighted by molar-refractivity contribution is -0.145. The molecule has 0 heterocycles. The Hall–Kier alpha value is -2.69. The van der Waals surface area contributed by atoms with E-state index in [1.165, 1.54) is 0 Å². The second-order valence-electron chi connectivity index (χ2n) is 5.14. The van der Waals surface area contributed by atoms with Crippen LogP contribution in [0.2, 0.25) is 0 Å². The van der Waals surface area contributed by atoms with Gasteiger partial charge in [-0.25, -0.2) is 4.79 Å². The Labute approximate surface area is 135 Å². The number of carboxylic acids is 1. The van der Waals surface area contributed by atoms with Gasteiger partial charge in [-0.2, -0.15) is 0 Å². The molecule has 0 fully saturated rings. The highest BCUT2D eigenvalue weighted by molar-refractivity contribution is 5.73. The van der Waals surface area contributed by atoms with Crippen LogP contribution in [0.5, 0.6) is 17.2 Å². The first-order valence-corrected chi connectivity index (χ1v) is 7.20. The summed E-state index contributed by atoms with van der Waals surface area (Å²) in [5, 5.41) is 9.46. The van der Waals surface area contributed by atoms with Gasteiger partial charge < -0.3 is 19.3 Å². The van der Waals surface area contributed by atoms with Gasteiger partial charge in [-0.1, -0.05) is 12.1 Å². The van der Waals surface area contributed by atoms with Gasteiger partial charge in [0.05, 0.1) is 14.2 Å². The topological polar surface area (TPSA) is 65.0 Å². The van der Waals surface area contributed by atoms with Crippen LogP contribution in [-0.2, 0) is 11.2 Å². The smallest absolute Gasteiger partial charge is 0.345 e. The lowest BCUT2D eigenvalue weighted by Crippen LogP contribution is -2.29. The van der Waals surface area contributed by atoms with Gasteiger partial charge in [0.25, 0.3) is 0 Å². The molecule has 0 bridgehead atoms. The van der Waals surface area contributed by atoms with Gasteiger partial charge in [-0.05, 0) is 42.8 Å². The summed E-state index contributed by atoms with van der Waals surface area (Å²) in [5.74, 6) is 0.737. The number of rotatable bonds is 7. The Morgan fingerprint density at radius 3 is 2.48 bits per heavy atom. The van der Waals surface area contributed by atoms with E-state index in [1.54, 1.807) is 44.6 Å². The molecule has 23 heavy (non-hydrogen) atoms. The number of aryl methyl sites for hydroxylation is 1. The molecule has 0 aliphatic rings. The van der Waals surface area contributed by atoms with Crippen molar-refractivity contribution in [3.05, 3.63) is 53.6 Å². The van der Waals surface area contributed by atoms with E-state index in [9.17, 15) is 9.90 Å². The number of carboxylic acid groups (broad SMARTS) is 1. The van der Waals surface area contributed by atoms with E-state index < -0.39 is 12.1 Å². The molecule has 0 aliphatic carbocycles. The zero-order valence-corrected chi connectivity index (χ0v) is 13.4. The van der Waals surface area contributed by atoms with E-state index in [-0.39, 0.29) is 6.42 Å². The molecular weight excluding hydrogens is 296 g/mol. The molecule has 0 saturated carbocycles. The Morgan fingerprint density at radius 1 is 1.09 bits per heavy atom. The van der Waals surface area contributed by atoms with Crippen LogP contribution in [0.4, 0.5) is 0 Å². The fourth-order valence-corrected chi connectivity index (χ4v) is 2.27. The predicted octanol–water partition coefficient (Wildman–Crippen LogP) is 3.09. The van der Waals surface area contributed by atoms with Gasteiger partial charge in [0, 0.05) is 12.0 Å². The van der Waals surface area contributed by atoms with E-state index in [4.69, 9.17) is 14.2 Å². The number of hydrogen-bond acceptors (Lipinski definition) is 4. The largest absolute Gasteiger partial charge is 0.497 e. The Balaban J connectivity index is 2.24. The molecule has 1 atom stereocenters. The number of ether oxygens (including phenoxy) is 3. The minimum atomic E-state index is -1.03. The molecule has 2 rings (SSSR count).